The van der Waals surface area contributed by atoms with Crippen molar-refractivity contribution in [3.8, 4) is 11.4 Å². The van der Waals surface area contributed by atoms with E-state index in [1.165, 1.54) is 30.5 Å². The molecule has 0 fully saturated rings. The molecule has 0 bridgehead atoms. The number of hydrogen-bond acceptors (Lipinski definition) is 6. The third kappa shape index (κ3) is 3.78. The van der Waals surface area contributed by atoms with Crippen LogP contribution in [0.15, 0.2) is 78.0 Å². The van der Waals surface area contributed by atoms with Gasteiger partial charge < -0.3 is 5.32 Å². The van der Waals surface area contributed by atoms with Crippen LogP contribution in [0.5, 0.6) is 0 Å². The largest absolute Gasteiger partial charge is 0.378 e. The third-order valence-electron chi connectivity index (χ3n) is 4.44. The second-order valence-corrected chi connectivity index (χ2v) is 6.67. The molecular weight excluding hydrogens is 408 g/mol. The highest BCUT2D eigenvalue weighted by molar-refractivity contribution is 6.32. The van der Waals surface area contributed by atoms with Crippen molar-refractivity contribution in [1.82, 2.24) is 19.6 Å². The molecule has 4 aromatic rings. The quantitative estimate of drug-likeness (QED) is 0.375. The fourth-order valence-electron chi connectivity index (χ4n) is 2.94. The first-order valence-electron chi connectivity index (χ1n) is 8.89. The monoisotopic (exact) mass is 422 g/mol. The highest BCUT2D eigenvalue weighted by Gasteiger charge is 2.13. The summed E-state index contributed by atoms with van der Waals surface area (Å²) in [6.07, 6.45) is 4.99. The summed E-state index contributed by atoms with van der Waals surface area (Å²) in [6.45, 7) is 0.401. The number of non-ortho nitro benzene ring substituents is 1. The molecule has 0 saturated heterocycles. The van der Waals surface area contributed by atoms with E-state index in [0.717, 1.165) is 15.9 Å². The van der Waals surface area contributed by atoms with Crippen molar-refractivity contribution >= 4 is 23.0 Å². The van der Waals surface area contributed by atoms with Gasteiger partial charge in [0.1, 0.15) is 5.02 Å². The minimum absolute atomic E-state index is 0.0278. The maximum absolute atomic E-state index is 12.7. The molecule has 0 aliphatic heterocycles. The Bertz CT molecular complexity index is 1250. The fraction of sp³-hybridized carbons (Fsp3) is 0.0500. The average molecular weight is 423 g/mol. The standard InChI is InChI=1S/C20H15ClN6O3/c21-19-17(22-12-14-4-1-2-5-18(14)25-11-3-10-23-25)13-24-26(20(19)28)15-6-8-16(9-7-15)27(29)30/h1-11,13,22H,12H2. The lowest BCUT2D eigenvalue weighted by atomic mass is 10.1. The summed E-state index contributed by atoms with van der Waals surface area (Å²) in [4.78, 5) is 22.9. The molecule has 10 heteroatoms. The van der Waals surface area contributed by atoms with Crippen LogP contribution < -0.4 is 10.9 Å². The van der Waals surface area contributed by atoms with Crippen LogP contribution in [0.4, 0.5) is 11.4 Å². The Balaban J connectivity index is 1.58. The highest BCUT2D eigenvalue weighted by atomic mass is 35.5. The molecule has 0 aliphatic carbocycles. The lowest BCUT2D eigenvalue weighted by Crippen LogP contribution is -2.22. The zero-order chi connectivity index (χ0) is 21.1. The van der Waals surface area contributed by atoms with Crippen molar-refractivity contribution in [2.75, 3.05) is 5.32 Å². The van der Waals surface area contributed by atoms with Crippen molar-refractivity contribution < 1.29 is 4.92 Å². The zero-order valence-corrected chi connectivity index (χ0v) is 16.2. The van der Waals surface area contributed by atoms with Crippen LogP contribution in [0, 0.1) is 10.1 Å². The van der Waals surface area contributed by atoms with Gasteiger partial charge in [0.25, 0.3) is 11.2 Å². The smallest absolute Gasteiger partial charge is 0.292 e. The number of nitro groups is 1. The van der Waals surface area contributed by atoms with E-state index in [4.69, 9.17) is 11.6 Å². The number of nitrogens with one attached hydrogen (secondary N) is 1. The Hall–Kier alpha value is -3.98. The molecule has 0 unspecified atom stereocenters. The first kappa shape index (κ1) is 19.3. The van der Waals surface area contributed by atoms with Crippen molar-refractivity contribution in [2.24, 2.45) is 0 Å². The van der Waals surface area contributed by atoms with Gasteiger partial charge in [-0.25, -0.2) is 4.68 Å². The van der Waals surface area contributed by atoms with Crippen LogP contribution in [0.3, 0.4) is 0 Å². The maximum Gasteiger partial charge on any atom is 0.292 e. The molecule has 0 spiro atoms. The summed E-state index contributed by atoms with van der Waals surface area (Å²) in [5.41, 5.74) is 2.01. The Labute approximate surface area is 175 Å². The molecule has 2 heterocycles. The summed E-state index contributed by atoms with van der Waals surface area (Å²) in [7, 11) is 0. The van der Waals surface area contributed by atoms with Gasteiger partial charge in [0.15, 0.2) is 0 Å². The molecule has 2 aromatic carbocycles. The van der Waals surface area contributed by atoms with Gasteiger partial charge >= 0.3 is 0 Å². The van der Waals surface area contributed by atoms with Gasteiger partial charge in [-0.2, -0.15) is 14.9 Å². The van der Waals surface area contributed by atoms with Gasteiger partial charge in [-0.1, -0.05) is 29.8 Å². The number of hydrogen-bond donors (Lipinski definition) is 1. The molecule has 150 valence electrons. The molecule has 0 amide bonds. The van der Waals surface area contributed by atoms with Crippen LogP contribution in [-0.2, 0) is 6.54 Å². The molecule has 4 rings (SSSR count). The maximum atomic E-state index is 12.7. The number of nitrogens with zero attached hydrogens (tertiary/aromatic N) is 5. The van der Waals surface area contributed by atoms with Gasteiger partial charge in [-0.15, -0.1) is 0 Å². The second-order valence-electron chi connectivity index (χ2n) is 6.30. The van der Waals surface area contributed by atoms with Gasteiger partial charge in [-0.3, -0.25) is 14.9 Å². The van der Waals surface area contributed by atoms with Gasteiger partial charge in [0.05, 0.1) is 28.2 Å². The zero-order valence-electron chi connectivity index (χ0n) is 15.5. The molecule has 0 radical (unpaired) electrons. The number of anilines is 1. The Morgan fingerprint density at radius 1 is 1.07 bits per heavy atom. The normalized spacial score (nSPS) is 10.7. The predicted octanol–water partition coefficient (Wildman–Crippen LogP) is 3.59. The SMILES string of the molecule is O=c1c(Cl)c(NCc2ccccc2-n2cccn2)cnn1-c1ccc([N+](=O)[O-])cc1. The fourth-order valence-corrected chi connectivity index (χ4v) is 3.14. The van der Waals surface area contributed by atoms with Gasteiger partial charge in [0.2, 0.25) is 0 Å². The van der Waals surface area contributed by atoms with Crippen molar-refractivity contribution in [3.63, 3.8) is 0 Å². The van der Waals surface area contributed by atoms with E-state index >= 15 is 0 Å². The van der Waals surface area contributed by atoms with Crippen LogP contribution >= 0.6 is 11.6 Å². The number of para-hydroxylation sites is 1. The first-order chi connectivity index (χ1) is 14.5. The predicted molar refractivity (Wildman–Crippen MR) is 112 cm³/mol. The van der Waals surface area contributed by atoms with Crippen molar-refractivity contribution in [1.29, 1.82) is 0 Å². The van der Waals surface area contributed by atoms with E-state index in [1.807, 2.05) is 36.5 Å². The Morgan fingerprint density at radius 3 is 2.53 bits per heavy atom. The third-order valence-corrected chi connectivity index (χ3v) is 4.80. The number of nitro benzene ring substituents is 1. The molecular formula is C20H15ClN6O3. The minimum atomic E-state index is -0.532. The van der Waals surface area contributed by atoms with E-state index in [2.05, 4.69) is 15.5 Å². The Kier molecular flexibility index (Phi) is 5.27. The lowest BCUT2D eigenvalue weighted by molar-refractivity contribution is -0.384. The number of aromatic nitrogens is 4. The van der Waals surface area contributed by atoms with Crippen molar-refractivity contribution in [3.05, 3.63) is 104 Å². The molecule has 30 heavy (non-hydrogen) atoms. The van der Waals surface area contributed by atoms with Crippen LogP contribution in [0.1, 0.15) is 5.56 Å². The van der Waals surface area contributed by atoms with Crippen molar-refractivity contribution in [2.45, 2.75) is 6.54 Å². The van der Waals surface area contributed by atoms with Gasteiger partial charge in [0, 0.05) is 31.1 Å². The molecule has 0 saturated carbocycles. The number of rotatable bonds is 6. The summed E-state index contributed by atoms with van der Waals surface area (Å²) in [6, 6.07) is 15.0. The molecule has 0 atom stereocenters. The Morgan fingerprint density at radius 2 is 1.83 bits per heavy atom. The van der Waals surface area contributed by atoms with Crippen LogP contribution in [-0.4, -0.2) is 24.5 Å². The number of benzene rings is 2. The van der Waals surface area contributed by atoms with E-state index in [1.54, 1.807) is 10.9 Å². The minimum Gasteiger partial charge on any atom is -0.378 e. The van der Waals surface area contributed by atoms with Gasteiger partial charge in [-0.05, 0) is 29.8 Å². The van der Waals surface area contributed by atoms with E-state index in [-0.39, 0.29) is 10.7 Å². The summed E-state index contributed by atoms with van der Waals surface area (Å²) in [5.74, 6) is 0. The van der Waals surface area contributed by atoms with E-state index in [9.17, 15) is 14.9 Å². The summed E-state index contributed by atoms with van der Waals surface area (Å²) < 4.78 is 2.85. The average Bonchev–Trinajstić information content (AvgIpc) is 3.30. The van der Waals surface area contributed by atoms with E-state index < -0.39 is 10.5 Å². The first-order valence-corrected chi connectivity index (χ1v) is 9.27. The summed E-state index contributed by atoms with van der Waals surface area (Å²) >= 11 is 6.27. The molecule has 9 nitrogen and oxygen atoms in total. The van der Waals surface area contributed by atoms with Crippen LogP contribution in [0.25, 0.3) is 11.4 Å². The number of halogens is 1. The molecule has 1 N–H and O–H groups in total. The highest BCUT2D eigenvalue weighted by Crippen LogP contribution is 2.21. The second kappa shape index (κ2) is 8.18. The van der Waals surface area contributed by atoms with E-state index in [0.29, 0.717) is 17.9 Å². The molecule has 0 aliphatic rings. The lowest BCUT2D eigenvalue weighted by Gasteiger charge is -2.13. The van der Waals surface area contributed by atoms with Crippen LogP contribution in [0.2, 0.25) is 5.02 Å². The topological polar surface area (TPSA) is 108 Å². The molecule has 2 aromatic heterocycles. The summed E-state index contributed by atoms with van der Waals surface area (Å²) in [5, 5.41) is 22.3.